The average molecular weight is 444 g/mol. The van der Waals surface area contributed by atoms with Crippen molar-refractivity contribution in [1.29, 1.82) is 0 Å². The van der Waals surface area contributed by atoms with E-state index in [9.17, 15) is 12.8 Å². The van der Waals surface area contributed by atoms with Gasteiger partial charge >= 0.3 is 0 Å². The molecule has 0 bridgehead atoms. The molecule has 10 heteroatoms. The predicted molar refractivity (Wildman–Crippen MR) is 110 cm³/mol. The van der Waals surface area contributed by atoms with E-state index >= 15 is 0 Å². The lowest BCUT2D eigenvalue weighted by Crippen LogP contribution is -2.21. The molecule has 0 saturated heterocycles. The maximum atomic E-state index is 13.8. The van der Waals surface area contributed by atoms with Crippen molar-refractivity contribution in [3.8, 4) is 5.75 Å². The van der Waals surface area contributed by atoms with E-state index in [1.807, 2.05) is 0 Å². The minimum absolute atomic E-state index is 0.0154. The van der Waals surface area contributed by atoms with Crippen molar-refractivity contribution in [3.05, 3.63) is 58.0 Å². The molecule has 1 aromatic heterocycles. The Balaban J connectivity index is 2.09. The van der Waals surface area contributed by atoms with Crippen LogP contribution in [0.3, 0.4) is 0 Å². The van der Waals surface area contributed by atoms with Gasteiger partial charge in [-0.15, -0.1) is 0 Å². The lowest BCUT2D eigenvalue weighted by molar-refractivity contribution is 0.415. The number of hydrogen-bond acceptors (Lipinski definition) is 5. The summed E-state index contributed by atoms with van der Waals surface area (Å²) in [6.07, 6.45) is 1.06. The summed E-state index contributed by atoms with van der Waals surface area (Å²) in [6, 6.07) is 8.90. The molecule has 0 radical (unpaired) electrons. The Hall–Kier alpha value is -2.13. The van der Waals surface area contributed by atoms with Crippen molar-refractivity contribution in [2.24, 2.45) is 0 Å². The minimum atomic E-state index is -3.40. The molecule has 0 spiro atoms. The standard InChI is InChI=1S/C18H16Cl2FN3O3S/c1-27-18-8-17(13(19)7-14(18)20)24-16-6-11(9-22-28(2,25)26)23-15-4-3-10(21)5-12(15)16/h3-8,22H,9H2,1-2H3,(H,23,24). The molecule has 3 rings (SSSR count). The Morgan fingerprint density at radius 2 is 1.86 bits per heavy atom. The molecule has 0 amide bonds. The van der Waals surface area contributed by atoms with Crippen LogP contribution in [0.2, 0.25) is 10.0 Å². The molecule has 148 valence electrons. The highest BCUT2D eigenvalue weighted by Crippen LogP contribution is 2.37. The first-order valence-corrected chi connectivity index (χ1v) is 10.6. The largest absolute Gasteiger partial charge is 0.495 e. The van der Waals surface area contributed by atoms with Gasteiger partial charge in [0.2, 0.25) is 10.0 Å². The summed E-state index contributed by atoms with van der Waals surface area (Å²) in [5, 5.41) is 4.32. The molecule has 0 aliphatic rings. The second-order valence-electron chi connectivity index (χ2n) is 6.01. The minimum Gasteiger partial charge on any atom is -0.495 e. The SMILES string of the molecule is COc1cc(Nc2cc(CNS(C)(=O)=O)nc3ccc(F)cc23)c(Cl)cc1Cl. The van der Waals surface area contributed by atoms with Crippen molar-refractivity contribution in [2.75, 3.05) is 18.7 Å². The topological polar surface area (TPSA) is 80.3 Å². The summed E-state index contributed by atoms with van der Waals surface area (Å²) in [5.74, 6) is -0.0174. The molecule has 0 unspecified atom stereocenters. The normalized spacial score (nSPS) is 11.6. The number of halogens is 3. The van der Waals surface area contributed by atoms with Crippen molar-refractivity contribution < 1.29 is 17.5 Å². The summed E-state index contributed by atoms with van der Waals surface area (Å²) in [4.78, 5) is 4.38. The van der Waals surface area contributed by atoms with Gasteiger partial charge in [0, 0.05) is 17.1 Å². The average Bonchev–Trinajstić information content (AvgIpc) is 2.62. The van der Waals surface area contributed by atoms with E-state index in [0.29, 0.717) is 43.8 Å². The van der Waals surface area contributed by atoms with Crippen LogP contribution in [0.1, 0.15) is 5.69 Å². The molecule has 1 heterocycles. The number of pyridine rings is 1. The van der Waals surface area contributed by atoms with Crippen LogP contribution in [0.5, 0.6) is 5.75 Å². The maximum absolute atomic E-state index is 13.8. The maximum Gasteiger partial charge on any atom is 0.209 e. The Morgan fingerprint density at radius 1 is 1.11 bits per heavy atom. The summed E-state index contributed by atoms with van der Waals surface area (Å²) >= 11 is 12.3. The number of sulfonamides is 1. The highest BCUT2D eigenvalue weighted by atomic mass is 35.5. The third kappa shape index (κ3) is 4.82. The third-order valence-electron chi connectivity index (χ3n) is 3.85. The quantitative estimate of drug-likeness (QED) is 0.586. The van der Waals surface area contributed by atoms with E-state index in [0.717, 1.165) is 6.26 Å². The molecular weight excluding hydrogens is 428 g/mol. The molecule has 0 aliphatic carbocycles. The molecule has 3 aromatic rings. The fourth-order valence-electron chi connectivity index (χ4n) is 2.58. The van der Waals surface area contributed by atoms with E-state index in [4.69, 9.17) is 27.9 Å². The number of fused-ring (bicyclic) bond motifs is 1. The van der Waals surface area contributed by atoms with E-state index in [-0.39, 0.29) is 6.54 Å². The first-order valence-electron chi connectivity index (χ1n) is 8.00. The van der Waals surface area contributed by atoms with Gasteiger partial charge in [0.05, 0.1) is 46.9 Å². The molecule has 6 nitrogen and oxygen atoms in total. The molecule has 28 heavy (non-hydrogen) atoms. The first kappa shape index (κ1) is 20.6. The fourth-order valence-corrected chi connectivity index (χ4v) is 3.50. The smallest absolute Gasteiger partial charge is 0.209 e. The first-order chi connectivity index (χ1) is 13.2. The monoisotopic (exact) mass is 443 g/mol. The van der Waals surface area contributed by atoms with Gasteiger partial charge in [-0.25, -0.2) is 17.5 Å². The molecule has 2 N–H and O–H groups in total. The molecular formula is C18H16Cl2FN3O3S. The Kier molecular flexibility index (Phi) is 5.95. The zero-order valence-electron chi connectivity index (χ0n) is 14.9. The van der Waals surface area contributed by atoms with E-state index in [1.165, 1.54) is 31.4 Å². The number of hydrogen-bond donors (Lipinski definition) is 2. The highest BCUT2D eigenvalue weighted by molar-refractivity contribution is 7.88. The zero-order chi connectivity index (χ0) is 20.5. The van der Waals surface area contributed by atoms with E-state index < -0.39 is 15.8 Å². The van der Waals surface area contributed by atoms with Gasteiger partial charge in [-0.05, 0) is 30.3 Å². The van der Waals surface area contributed by atoms with Crippen LogP contribution in [-0.2, 0) is 16.6 Å². The number of benzene rings is 2. The van der Waals surface area contributed by atoms with Gasteiger partial charge in [0.1, 0.15) is 11.6 Å². The summed E-state index contributed by atoms with van der Waals surface area (Å²) in [7, 11) is -1.92. The van der Waals surface area contributed by atoms with Crippen LogP contribution in [0.4, 0.5) is 15.8 Å². The number of aromatic nitrogens is 1. The number of methoxy groups -OCH3 is 1. The van der Waals surface area contributed by atoms with Crippen molar-refractivity contribution in [3.63, 3.8) is 0 Å². The molecule has 0 fully saturated rings. The molecule has 0 atom stereocenters. The van der Waals surface area contributed by atoms with Crippen LogP contribution in [0, 0.1) is 5.82 Å². The molecule has 0 aliphatic heterocycles. The van der Waals surface area contributed by atoms with Crippen LogP contribution >= 0.6 is 23.2 Å². The van der Waals surface area contributed by atoms with E-state index in [1.54, 1.807) is 12.1 Å². The van der Waals surface area contributed by atoms with Crippen LogP contribution in [0.15, 0.2) is 36.4 Å². The van der Waals surface area contributed by atoms with Crippen molar-refractivity contribution in [2.45, 2.75) is 6.54 Å². The van der Waals surface area contributed by atoms with Crippen LogP contribution < -0.4 is 14.8 Å². The van der Waals surface area contributed by atoms with Gasteiger partial charge in [0.25, 0.3) is 0 Å². The highest BCUT2D eigenvalue weighted by Gasteiger charge is 2.13. The third-order valence-corrected chi connectivity index (χ3v) is 5.13. The van der Waals surface area contributed by atoms with Gasteiger partial charge in [-0.1, -0.05) is 23.2 Å². The van der Waals surface area contributed by atoms with Gasteiger partial charge in [-0.3, -0.25) is 4.98 Å². The Labute approximate surface area is 171 Å². The Morgan fingerprint density at radius 3 is 2.54 bits per heavy atom. The Bertz CT molecular complexity index is 1160. The molecule has 0 saturated carbocycles. The van der Waals surface area contributed by atoms with Gasteiger partial charge in [-0.2, -0.15) is 0 Å². The predicted octanol–water partition coefficient (Wildman–Crippen LogP) is 4.48. The summed E-state index contributed by atoms with van der Waals surface area (Å²) in [5.41, 5.74) is 1.93. The number of ether oxygens (including phenoxy) is 1. The van der Waals surface area contributed by atoms with Gasteiger partial charge in [0.15, 0.2) is 0 Å². The van der Waals surface area contributed by atoms with Crippen LogP contribution in [-0.4, -0.2) is 26.8 Å². The van der Waals surface area contributed by atoms with E-state index in [2.05, 4.69) is 15.0 Å². The van der Waals surface area contributed by atoms with Crippen molar-refractivity contribution in [1.82, 2.24) is 9.71 Å². The number of nitrogens with one attached hydrogen (secondary N) is 2. The summed E-state index contributed by atoms with van der Waals surface area (Å²) in [6.45, 7) is -0.0154. The number of rotatable bonds is 6. The van der Waals surface area contributed by atoms with Crippen molar-refractivity contribution >= 4 is 55.5 Å². The zero-order valence-corrected chi connectivity index (χ0v) is 17.2. The van der Waals surface area contributed by atoms with Crippen LogP contribution in [0.25, 0.3) is 10.9 Å². The molecule has 2 aromatic carbocycles. The number of anilines is 2. The summed E-state index contributed by atoms with van der Waals surface area (Å²) < 4.78 is 44.2. The fraction of sp³-hybridized carbons (Fsp3) is 0.167. The second kappa shape index (κ2) is 8.08. The lowest BCUT2D eigenvalue weighted by atomic mass is 10.1. The lowest BCUT2D eigenvalue weighted by Gasteiger charge is -2.15. The van der Waals surface area contributed by atoms with Gasteiger partial charge < -0.3 is 10.1 Å². The second-order valence-corrected chi connectivity index (χ2v) is 8.65. The number of nitrogens with zero attached hydrogens (tertiary/aromatic N) is 1.